The Morgan fingerprint density at radius 1 is 1.25 bits per heavy atom. The van der Waals surface area contributed by atoms with Crippen LogP contribution in [0, 0.1) is 5.82 Å². The quantitative estimate of drug-likeness (QED) is 0.670. The summed E-state index contributed by atoms with van der Waals surface area (Å²) in [4.78, 5) is 12.0. The molecule has 1 heterocycles. The van der Waals surface area contributed by atoms with Crippen LogP contribution in [0.4, 0.5) is 10.2 Å². The third-order valence-electron chi connectivity index (χ3n) is 2.88. The number of fused-ring (bicyclic) bond motifs is 1. The Hall–Kier alpha value is -2.89. The zero-order valence-corrected chi connectivity index (χ0v) is 10.2. The molecule has 2 aromatic carbocycles. The summed E-state index contributed by atoms with van der Waals surface area (Å²) in [5.74, 6) is -0.845. The number of anilines is 1. The van der Waals surface area contributed by atoms with Crippen molar-refractivity contribution in [3.63, 3.8) is 0 Å². The van der Waals surface area contributed by atoms with Crippen LogP contribution < -0.4 is 5.32 Å². The summed E-state index contributed by atoms with van der Waals surface area (Å²) in [7, 11) is 0. The average molecular weight is 271 g/mol. The zero-order valence-electron chi connectivity index (χ0n) is 10.2. The maximum Gasteiger partial charge on any atom is 0.257 e. The number of H-pyrrole nitrogens is 1. The number of nitrogens with one attached hydrogen (secondary N) is 2. The molecule has 1 amide bonds. The zero-order chi connectivity index (χ0) is 14.1. The highest BCUT2D eigenvalue weighted by Crippen LogP contribution is 2.24. The molecule has 6 heteroatoms. The largest absolute Gasteiger partial charge is 0.508 e. The lowest BCUT2D eigenvalue weighted by molar-refractivity contribution is 0.102. The normalized spacial score (nSPS) is 10.7. The number of halogens is 1. The number of aromatic amines is 1. The fourth-order valence-electron chi connectivity index (χ4n) is 1.95. The molecule has 0 aliphatic heterocycles. The molecule has 0 unspecified atom stereocenters. The maximum atomic E-state index is 13.7. The molecule has 5 nitrogen and oxygen atoms in total. The first-order valence-corrected chi connectivity index (χ1v) is 5.88. The van der Waals surface area contributed by atoms with Crippen molar-refractivity contribution in [2.24, 2.45) is 0 Å². The van der Waals surface area contributed by atoms with Gasteiger partial charge in [-0.2, -0.15) is 5.10 Å². The van der Waals surface area contributed by atoms with E-state index in [1.54, 1.807) is 24.3 Å². The molecular formula is C14H10FN3O2. The van der Waals surface area contributed by atoms with Crippen LogP contribution in [0.25, 0.3) is 10.9 Å². The van der Waals surface area contributed by atoms with Crippen molar-refractivity contribution in [1.82, 2.24) is 10.2 Å². The number of nitrogens with zero attached hydrogens (tertiary/aromatic N) is 1. The Bertz CT molecular complexity index is 798. The Kier molecular flexibility index (Phi) is 2.83. The molecule has 0 bridgehead atoms. The summed E-state index contributed by atoms with van der Waals surface area (Å²) in [5.41, 5.74) is 0.758. The molecule has 3 N–H and O–H groups in total. The average Bonchev–Trinajstić information content (AvgIpc) is 2.83. The highest BCUT2D eigenvalue weighted by molar-refractivity contribution is 6.08. The van der Waals surface area contributed by atoms with Crippen LogP contribution in [-0.4, -0.2) is 21.2 Å². The highest BCUT2D eigenvalue weighted by Gasteiger charge is 2.14. The van der Waals surface area contributed by atoms with Crippen molar-refractivity contribution in [2.45, 2.75) is 0 Å². The second kappa shape index (κ2) is 4.65. The van der Waals surface area contributed by atoms with Gasteiger partial charge in [-0.1, -0.05) is 12.1 Å². The van der Waals surface area contributed by atoms with Gasteiger partial charge in [0.1, 0.15) is 11.6 Å². The van der Waals surface area contributed by atoms with E-state index in [0.717, 1.165) is 0 Å². The van der Waals surface area contributed by atoms with E-state index < -0.39 is 11.7 Å². The Balaban J connectivity index is 1.96. The molecule has 0 spiro atoms. The lowest BCUT2D eigenvalue weighted by Crippen LogP contribution is -2.12. The van der Waals surface area contributed by atoms with Crippen LogP contribution in [0.5, 0.6) is 5.75 Å². The van der Waals surface area contributed by atoms with Gasteiger partial charge in [0, 0.05) is 5.56 Å². The van der Waals surface area contributed by atoms with Crippen LogP contribution in [0.2, 0.25) is 0 Å². The number of amides is 1. The summed E-state index contributed by atoms with van der Waals surface area (Å²) in [6, 6.07) is 10.4. The van der Waals surface area contributed by atoms with Crippen molar-refractivity contribution < 1.29 is 14.3 Å². The van der Waals surface area contributed by atoms with E-state index in [1.807, 2.05) is 0 Å². The predicted molar refractivity (Wildman–Crippen MR) is 72.1 cm³/mol. The molecule has 0 saturated heterocycles. The number of hydrogen-bond donors (Lipinski definition) is 3. The van der Waals surface area contributed by atoms with E-state index in [1.165, 1.54) is 18.2 Å². The number of aromatic hydroxyl groups is 1. The van der Waals surface area contributed by atoms with Gasteiger partial charge in [0.25, 0.3) is 5.91 Å². The summed E-state index contributed by atoms with van der Waals surface area (Å²) in [6.45, 7) is 0. The summed E-state index contributed by atoms with van der Waals surface area (Å²) >= 11 is 0. The SMILES string of the molecule is O=C(Nc1n[nH]c2cccc(F)c12)c1cccc(O)c1. The minimum absolute atomic E-state index is 0.0179. The second-order valence-corrected chi connectivity index (χ2v) is 4.24. The van der Waals surface area contributed by atoms with E-state index in [4.69, 9.17) is 0 Å². The summed E-state index contributed by atoms with van der Waals surface area (Å²) in [5, 5.41) is 18.6. The number of phenolic OH excluding ortho intramolecular Hbond substituents is 1. The molecular weight excluding hydrogens is 261 g/mol. The molecule has 0 aliphatic rings. The third-order valence-corrected chi connectivity index (χ3v) is 2.88. The molecule has 20 heavy (non-hydrogen) atoms. The molecule has 3 aromatic rings. The summed E-state index contributed by atoms with van der Waals surface area (Å²) < 4.78 is 13.7. The van der Waals surface area contributed by atoms with Crippen molar-refractivity contribution in [2.75, 3.05) is 5.32 Å². The molecule has 0 saturated carbocycles. The molecule has 100 valence electrons. The van der Waals surface area contributed by atoms with Gasteiger partial charge in [0.15, 0.2) is 5.82 Å². The second-order valence-electron chi connectivity index (χ2n) is 4.24. The number of carbonyl (C=O) groups excluding carboxylic acids is 1. The first-order chi connectivity index (χ1) is 9.65. The van der Waals surface area contributed by atoms with Crippen molar-refractivity contribution in [3.05, 3.63) is 53.8 Å². The van der Waals surface area contributed by atoms with E-state index in [0.29, 0.717) is 5.52 Å². The molecule has 0 radical (unpaired) electrons. The van der Waals surface area contributed by atoms with Gasteiger partial charge < -0.3 is 10.4 Å². The smallest absolute Gasteiger partial charge is 0.257 e. The van der Waals surface area contributed by atoms with E-state index >= 15 is 0 Å². The van der Waals surface area contributed by atoms with E-state index in [2.05, 4.69) is 15.5 Å². The Labute approximate surface area is 113 Å². The van der Waals surface area contributed by atoms with Gasteiger partial charge in [-0.25, -0.2) is 4.39 Å². The van der Waals surface area contributed by atoms with Gasteiger partial charge in [-0.15, -0.1) is 0 Å². The van der Waals surface area contributed by atoms with E-state index in [-0.39, 0.29) is 22.5 Å². The van der Waals surface area contributed by atoms with Crippen molar-refractivity contribution in [3.8, 4) is 5.75 Å². The summed E-state index contributed by atoms with van der Waals surface area (Å²) in [6.07, 6.45) is 0. The third kappa shape index (κ3) is 2.07. The van der Waals surface area contributed by atoms with Crippen LogP contribution in [0.15, 0.2) is 42.5 Å². The Morgan fingerprint density at radius 3 is 2.85 bits per heavy atom. The maximum absolute atomic E-state index is 13.7. The molecule has 0 atom stereocenters. The van der Waals surface area contributed by atoms with Crippen LogP contribution in [-0.2, 0) is 0 Å². The number of hydrogen-bond acceptors (Lipinski definition) is 3. The van der Waals surface area contributed by atoms with Crippen LogP contribution in [0.1, 0.15) is 10.4 Å². The first-order valence-electron chi connectivity index (χ1n) is 5.88. The van der Waals surface area contributed by atoms with E-state index in [9.17, 15) is 14.3 Å². The lowest BCUT2D eigenvalue weighted by atomic mass is 10.2. The predicted octanol–water partition coefficient (Wildman–Crippen LogP) is 2.66. The first kappa shape index (κ1) is 12.2. The Morgan fingerprint density at radius 2 is 2.05 bits per heavy atom. The minimum atomic E-state index is -0.474. The van der Waals surface area contributed by atoms with Crippen molar-refractivity contribution in [1.29, 1.82) is 0 Å². The molecule has 0 fully saturated rings. The van der Waals surface area contributed by atoms with Crippen LogP contribution >= 0.6 is 0 Å². The van der Waals surface area contributed by atoms with Crippen LogP contribution in [0.3, 0.4) is 0 Å². The number of carbonyl (C=O) groups is 1. The minimum Gasteiger partial charge on any atom is -0.508 e. The molecule has 0 aliphatic carbocycles. The fourth-order valence-corrected chi connectivity index (χ4v) is 1.95. The van der Waals surface area contributed by atoms with Gasteiger partial charge in [-0.3, -0.25) is 9.89 Å². The lowest BCUT2D eigenvalue weighted by Gasteiger charge is -2.03. The number of rotatable bonds is 2. The topological polar surface area (TPSA) is 78.0 Å². The van der Waals surface area contributed by atoms with Gasteiger partial charge in [0.05, 0.1) is 10.9 Å². The fraction of sp³-hybridized carbons (Fsp3) is 0. The van der Waals surface area contributed by atoms with Crippen molar-refractivity contribution >= 4 is 22.6 Å². The standard InChI is InChI=1S/C14H10FN3O2/c15-10-5-2-6-11-12(10)13(18-17-11)16-14(20)8-3-1-4-9(19)7-8/h1-7,19H,(H2,16,17,18,20). The number of benzene rings is 2. The number of aromatic nitrogens is 2. The van der Waals surface area contributed by atoms with Gasteiger partial charge >= 0.3 is 0 Å². The highest BCUT2D eigenvalue weighted by atomic mass is 19.1. The number of phenols is 1. The van der Waals surface area contributed by atoms with Gasteiger partial charge in [-0.05, 0) is 30.3 Å². The monoisotopic (exact) mass is 271 g/mol. The molecule has 3 rings (SSSR count). The van der Waals surface area contributed by atoms with Gasteiger partial charge in [0.2, 0.25) is 0 Å². The molecule has 1 aromatic heterocycles.